The molecule has 5 nitrogen and oxygen atoms in total. The fraction of sp³-hybridized carbons (Fsp3) is 0.188. The van der Waals surface area contributed by atoms with Crippen molar-refractivity contribution in [2.45, 2.75) is 23.2 Å². The Morgan fingerprint density at radius 2 is 1.91 bits per heavy atom. The number of thioether (sulfide) groups is 1. The lowest BCUT2D eigenvalue weighted by Gasteiger charge is -2.17. The highest BCUT2D eigenvalue weighted by Crippen LogP contribution is 2.22. The van der Waals surface area contributed by atoms with Gasteiger partial charge in [-0.1, -0.05) is 30.0 Å². The molecule has 120 valence electrons. The van der Waals surface area contributed by atoms with Gasteiger partial charge in [-0.05, 0) is 36.8 Å². The summed E-state index contributed by atoms with van der Waals surface area (Å²) in [5.41, 5.74) is 0.308. The van der Waals surface area contributed by atoms with Gasteiger partial charge in [0.25, 0.3) is 0 Å². The summed E-state index contributed by atoms with van der Waals surface area (Å²) in [7, 11) is 0. The molecule has 2 rings (SSSR count). The first-order valence-corrected chi connectivity index (χ1v) is 7.71. The zero-order valence-electron chi connectivity index (χ0n) is 12.3. The Morgan fingerprint density at radius 3 is 2.48 bits per heavy atom. The molecule has 1 aromatic carbocycles. The number of amides is 1. The van der Waals surface area contributed by atoms with Gasteiger partial charge in [0.15, 0.2) is 6.04 Å². The lowest BCUT2D eigenvalue weighted by atomic mass is 10.1. The van der Waals surface area contributed by atoms with E-state index >= 15 is 0 Å². The van der Waals surface area contributed by atoms with Crippen molar-refractivity contribution in [3.8, 4) is 0 Å². The van der Waals surface area contributed by atoms with Gasteiger partial charge in [0.05, 0.1) is 10.3 Å². The molecule has 0 spiro atoms. The number of aliphatic carboxylic acids is 1. The standard InChI is InChI=1S/C16H15FN2O3S/c1-10(23-13-4-2-3-9-18-13)15(20)19-14(16(21)22)11-5-7-12(17)8-6-11/h2-10,14H,1H3,(H,19,20)(H,21,22). The molecule has 23 heavy (non-hydrogen) atoms. The fourth-order valence-electron chi connectivity index (χ4n) is 1.85. The maximum absolute atomic E-state index is 12.9. The zero-order valence-corrected chi connectivity index (χ0v) is 13.1. The van der Waals surface area contributed by atoms with Gasteiger partial charge >= 0.3 is 5.97 Å². The van der Waals surface area contributed by atoms with Gasteiger partial charge in [-0.25, -0.2) is 14.2 Å². The number of hydrogen-bond donors (Lipinski definition) is 2. The highest BCUT2D eigenvalue weighted by Gasteiger charge is 2.25. The molecule has 2 N–H and O–H groups in total. The average Bonchev–Trinajstić information content (AvgIpc) is 2.54. The second-order valence-electron chi connectivity index (χ2n) is 4.76. The number of carbonyl (C=O) groups excluding carboxylic acids is 1. The minimum Gasteiger partial charge on any atom is -0.479 e. The molecule has 0 aliphatic heterocycles. The number of carboxylic acid groups (broad SMARTS) is 1. The molecule has 0 radical (unpaired) electrons. The highest BCUT2D eigenvalue weighted by molar-refractivity contribution is 8.00. The number of pyridine rings is 1. The largest absolute Gasteiger partial charge is 0.479 e. The summed E-state index contributed by atoms with van der Waals surface area (Å²) >= 11 is 1.23. The van der Waals surface area contributed by atoms with Crippen LogP contribution in [0.15, 0.2) is 53.7 Å². The molecule has 7 heteroatoms. The van der Waals surface area contributed by atoms with E-state index in [1.807, 2.05) is 0 Å². The molecular formula is C16H15FN2O3S. The third kappa shape index (κ3) is 4.79. The van der Waals surface area contributed by atoms with Crippen molar-refractivity contribution in [2.75, 3.05) is 0 Å². The molecule has 1 amide bonds. The van der Waals surface area contributed by atoms with Crippen LogP contribution < -0.4 is 5.32 Å². The second kappa shape index (κ2) is 7.73. The van der Waals surface area contributed by atoms with E-state index in [1.165, 1.54) is 23.9 Å². The third-order valence-electron chi connectivity index (χ3n) is 3.04. The molecule has 0 saturated carbocycles. The van der Waals surface area contributed by atoms with Gasteiger partial charge < -0.3 is 10.4 Å². The first-order chi connectivity index (χ1) is 11.0. The van der Waals surface area contributed by atoms with Crippen molar-refractivity contribution >= 4 is 23.6 Å². The van der Waals surface area contributed by atoms with Crippen LogP contribution in [-0.2, 0) is 9.59 Å². The lowest BCUT2D eigenvalue weighted by Crippen LogP contribution is -2.38. The number of aromatic nitrogens is 1. The molecule has 1 aromatic heterocycles. The number of benzene rings is 1. The van der Waals surface area contributed by atoms with Gasteiger partial charge in [0, 0.05) is 6.20 Å². The summed E-state index contributed by atoms with van der Waals surface area (Å²) in [6.45, 7) is 1.66. The van der Waals surface area contributed by atoms with E-state index in [0.717, 1.165) is 12.1 Å². The van der Waals surface area contributed by atoms with Crippen LogP contribution in [0, 0.1) is 5.82 Å². The van der Waals surface area contributed by atoms with E-state index in [2.05, 4.69) is 10.3 Å². The molecule has 0 aliphatic carbocycles. The third-order valence-corrected chi connectivity index (χ3v) is 4.09. The Hall–Kier alpha value is -2.41. The Kier molecular flexibility index (Phi) is 5.70. The maximum Gasteiger partial charge on any atom is 0.330 e. The fourth-order valence-corrected chi connectivity index (χ4v) is 2.67. The summed E-state index contributed by atoms with van der Waals surface area (Å²) in [5.74, 6) is -2.11. The van der Waals surface area contributed by atoms with Crippen LogP contribution in [0.25, 0.3) is 0 Å². The summed E-state index contributed by atoms with van der Waals surface area (Å²) < 4.78 is 12.9. The van der Waals surface area contributed by atoms with Crippen LogP contribution in [0.1, 0.15) is 18.5 Å². The van der Waals surface area contributed by atoms with Gasteiger partial charge in [0.2, 0.25) is 5.91 Å². The van der Waals surface area contributed by atoms with Crippen molar-refractivity contribution in [1.29, 1.82) is 0 Å². The molecule has 0 saturated heterocycles. The van der Waals surface area contributed by atoms with Gasteiger partial charge in [-0.3, -0.25) is 4.79 Å². The highest BCUT2D eigenvalue weighted by atomic mass is 32.2. The quantitative estimate of drug-likeness (QED) is 0.794. The summed E-state index contributed by atoms with van der Waals surface area (Å²) in [5, 5.41) is 11.9. The SMILES string of the molecule is CC(Sc1ccccn1)C(=O)NC(C(=O)O)c1ccc(F)cc1. The molecule has 0 aliphatic rings. The van der Waals surface area contributed by atoms with Crippen LogP contribution in [-0.4, -0.2) is 27.2 Å². The lowest BCUT2D eigenvalue weighted by molar-refractivity contribution is -0.141. The molecule has 0 fully saturated rings. The Labute approximate surface area is 136 Å². The molecule has 2 unspecified atom stereocenters. The van der Waals surface area contributed by atoms with Crippen LogP contribution >= 0.6 is 11.8 Å². The van der Waals surface area contributed by atoms with E-state index < -0.39 is 29.0 Å². The molecular weight excluding hydrogens is 319 g/mol. The summed E-state index contributed by atoms with van der Waals surface area (Å²) in [6.07, 6.45) is 1.62. The van der Waals surface area contributed by atoms with Gasteiger partial charge in [-0.15, -0.1) is 0 Å². The normalized spacial score (nSPS) is 13.1. The number of carbonyl (C=O) groups is 2. The average molecular weight is 334 g/mol. The number of nitrogens with zero attached hydrogens (tertiary/aromatic N) is 1. The number of hydrogen-bond acceptors (Lipinski definition) is 4. The van der Waals surface area contributed by atoms with Crippen LogP contribution in [0.4, 0.5) is 4.39 Å². The van der Waals surface area contributed by atoms with Crippen molar-refractivity contribution in [3.63, 3.8) is 0 Å². The molecule has 2 atom stereocenters. The van der Waals surface area contributed by atoms with Gasteiger partial charge in [-0.2, -0.15) is 0 Å². The first kappa shape index (κ1) is 17.0. The summed E-state index contributed by atoms with van der Waals surface area (Å²) in [6, 6.07) is 9.10. The number of halogens is 1. The minimum atomic E-state index is -1.23. The van der Waals surface area contributed by atoms with E-state index in [-0.39, 0.29) is 0 Å². The van der Waals surface area contributed by atoms with E-state index in [9.17, 15) is 19.1 Å². The van der Waals surface area contributed by atoms with Crippen molar-refractivity contribution in [1.82, 2.24) is 10.3 Å². The van der Waals surface area contributed by atoms with Crippen molar-refractivity contribution in [3.05, 3.63) is 60.0 Å². The predicted molar refractivity (Wildman–Crippen MR) is 84.5 cm³/mol. The maximum atomic E-state index is 12.9. The van der Waals surface area contributed by atoms with Crippen molar-refractivity contribution < 1.29 is 19.1 Å². The van der Waals surface area contributed by atoms with Gasteiger partial charge in [0.1, 0.15) is 5.82 Å². The van der Waals surface area contributed by atoms with Crippen LogP contribution in [0.5, 0.6) is 0 Å². The molecule has 0 bridgehead atoms. The van der Waals surface area contributed by atoms with Crippen LogP contribution in [0.3, 0.4) is 0 Å². The zero-order chi connectivity index (χ0) is 16.8. The Balaban J connectivity index is 2.06. The Morgan fingerprint density at radius 1 is 1.22 bits per heavy atom. The molecule has 1 heterocycles. The van der Waals surface area contributed by atoms with E-state index in [0.29, 0.717) is 10.6 Å². The first-order valence-electron chi connectivity index (χ1n) is 6.83. The smallest absolute Gasteiger partial charge is 0.330 e. The second-order valence-corrected chi connectivity index (χ2v) is 6.12. The number of carboxylic acids is 1. The van der Waals surface area contributed by atoms with Crippen LogP contribution in [0.2, 0.25) is 0 Å². The molecule has 2 aromatic rings. The van der Waals surface area contributed by atoms with Crippen molar-refractivity contribution in [2.24, 2.45) is 0 Å². The predicted octanol–water partition coefficient (Wildman–Crippen LogP) is 2.64. The number of nitrogens with one attached hydrogen (secondary N) is 1. The van der Waals surface area contributed by atoms with E-state index in [4.69, 9.17) is 0 Å². The summed E-state index contributed by atoms with van der Waals surface area (Å²) in [4.78, 5) is 27.7. The van der Waals surface area contributed by atoms with E-state index in [1.54, 1.807) is 31.3 Å². The topological polar surface area (TPSA) is 79.3 Å². The number of rotatable bonds is 6. The Bertz CT molecular complexity index is 679. The monoisotopic (exact) mass is 334 g/mol. The minimum absolute atomic E-state index is 0.308.